The minimum absolute atomic E-state index is 0.161. The van der Waals surface area contributed by atoms with Crippen molar-refractivity contribution in [1.82, 2.24) is 0 Å². The highest BCUT2D eigenvalue weighted by atomic mass is 16.6. The summed E-state index contributed by atoms with van der Waals surface area (Å²) < 4.78 is 18.9. The molecule has 0 aromatic carbocycles. The Balaban J connectivity index is 5.75. The Morgan fingerprint density at radius 3 is 1.79 bits per heavy atom. The molecule has 0 aliphatic carbocycles. The van der Waals surface area contributed by atoms with Gasteiger partial charge >= 0.3 is 29.8 Å². The van der Waals surface area contributed by atoms with Gasteiger partial charge < -0.3 is 29.2 Å². The van der Waals surface area contributed by atoms with E-state index in [2.05, 4.69) is 50.2 Å². The predicted octanol–water partition coefficient (Wildman–Crippen LogP) is 4.50. The van der Waals surface area contributed by atoms with Crippen molar-refractivity contribution in [3.8, 4) is 0 Å². The second-order valence-corrected chi connectivity index (χ2v) is 11.8. The van der Waals surface area contributed by atoms with Gasteiger partial charge in [0.15, 0.2) is 6.10 Å². The molecule has 246 valence electrons. The van der Waals surface area contributed by atoms with Crippen LogP contribution in [0.25, 0.3) is 0 Å². The topological polar surface area (TPSA) is 163 Å². The van der Waals surface area contributed by atoms with Crippen molar-refractivity contribution < 1.29 is 53.1 Å². The van der Waals surface area contributed by atoms with E-state index in [-0.39, 0.29) is 17.9 Å². The number of aliphatic carboxylic acids is 1. The maximum Gasteiger partial charge on any atom is 0.346 e. The molecule has 8 unspecified atom stereocenters. The van der Waals surface area contributed by atoms with Gasteiger partial charge in [-0.25, -0.2) is 14.4 Å². The van der Waals surface area contributed by atoms with Crippen LogP contribution in [0.5, 0.6) is 0 Å². The monoisotopic (exact) mass is 612 g/mol. The third kappa shape index (κ3) is 14.2. The fraction of sp³-hybridized carbons (Fsp3) is 0.719. The zero-order valence-corrected chi connectivity index (χ0v) is 27.4. The first-order valence-electron chi connectivity index (χ1n) is 14.8. The highest BCUT2D eigenvalue weighted by molar-refractivity contribution is 5.91. The van der Waals surface area contributed by atoms with E-state index < -0.39 is 53.9 Å². The van der Waals surface area contributed by atoms with Crippen molar-refractivity contribution in [3.63, 3.8) is 0 Å². The second kappa shape index (κ2) is 19.9. The molecule has 0 aromatic rings. The summed E-state index contributed by atoms with van der Waals surface area (Å²) >= 11 is 0. The third-order valence-electron chi connectivity index (χ3n) is 7.47. The molecule has 8 atom stereocenters. The Morgan fingerprint density at radius 1 is 0.767 bits per heavy atom. The Hall–Kier alpha value is -3.21. The molecule has 0 fully saturated rings. The Labute approximate surface area is 256 Å². The lowest BCUT2D eigenvalue weighted by molar-refractivity contribution is -0.185. The van der Waals surface area contributed by atoms with Crippen LogP contribution in [0.15, 0.2) is 23.3 Å². The molecule has 2 N–H and O–H groups in total. The van der Waals surface area contributed by atoms with Gasteiger partial charge in [-0.2, -0.15) is 0 Å². The number of carbonyl (C=O) groups excluding carboxylic acids is 4. The smallest absolute Gasteiger partial charge is 0.346 e. The zero-order chi connectivity index (χ0) is 33.4. The molecule has 0 radical (unpaired) electrons. The lowest BCUT2D eigenvalue weighted by Gasteiger charge is -2.25. The highest BCUT2D eigenvalue weighted by Gasteiger charge is 2.46. The molecule has 0 heterocycles. The van der Waals surface area contributed by atoms with Crippen LogP contribution in [-0.2, 0) is 42.9 Å². The minimum Gasteiger partial charge on any atom is -0.478 e. The summed E-state index contributed by atoms with van der Waals surface area (Å²) in [5.41, 5.74) is 0.956. The van der Waals surface area contributed by atoms with Gasteiger partial charge in [-0.05, 0) is 62.4 Å². The first-order chi connectivity index (χ1) is 20.0. The Morgan fingerprint density at radius 2 is 1.30 bits per heavy atom. The first kappa shape index (κ1) is 39.8. The van der Waals surface area contributed by atoms with Crippen LogP contribution in [-0.4, -0.2) is 73.6 Å². The molecule has 0 bridgehead atoms. The summed E-state index contributed by atoms with van der Waals surface area (Å²) in [6.07, 6.45) is 3.47. The number of rotatable bonds is 19. The number of hydrogen-bond acceptors (Lipinski definition) is 10. The van der Waals surface area contributed by atoms with Gasteiger partial charge in [0.1, 0.15) is 5.92 Å². The van der Waals surface area contributed by atoms with Crippen molar-refractivity contribution >= 4 is 29.8 Å². The standard InChI is InChI=1S/C32H52O11/c1-11-18(2)12-19(3)13-20(4)14-21(5)15-22(6)16-24(30(37)40-8)17-23(7)29(36)43-27(28(34)35)25(31(38)41-9)26(33)32(39)42-10/h15-16,18-21,23,25-27,33H,11-14,17H2,1-10H3,(H,34,35)/b22-15+,24-16-. The number of allylic oxidation sites excluding steroid dienone is 3. The predicted molar refractivity (Wildman–Crippen MR) is 159 cm³/mol. The minimum atomic E-state index is -2.27. The van der Waals surface area contributed by atoms with Crippen LogP contribution in [0.1, 0.15) is 80.6 Å². The van der Waals surface area contributed by atoms with Crippen molar-refractivity contribution in [1.29, 1.82) is 0 Å². The third-order valence-corrected chi connectivity index (χ3v) is 7.47. The van der Waals surface area contributed by atoms with E-state index in [4.69, 9.17) is 9.47 Å². The van der Waals surface area contributed by atoms with Crippen LogP contribution in [0.2, 0.25) is 0 Å². The average molecular weight is 613 g/mol. The lowest BCUT2D eigenvalue weighted by atomic mass is 9.84. The van der Waals surface area contributed by atoms with Gasteiger partial charge in [-0.1, -0.05) is 59.6 Å². The number of carbonyl (C=O) groups is 5. The van der Waals surface area contributed by atoms with Crippen molar-refractivity contribution in [3.05, 3.63) is 23.3 Å². The highest BCUT2D eigenvalue weighted by Crippen LogP contribution is 2.27. The SMILES string of the molecule is CCC(C)CC(C)CC(C)CC(C)/C=C(C)/C=C(/CC(C)C(=O)OC(C(=O)O)C(C(=O)OC)C(O)C(=O)OC)C(=O)OC. The summed E-state index contributed by atoms with van der Waals surface area (Å²) in [6.45, 7) is 14.4. The van der Waals surface area contributed by atoms with Crippen molar-refractivity contribution in [2.45, 2.75) is 92.8 Å². The number of aliphatic hydroxyl groups is 1. The molecule has 0 aromatic heterocycles. The zero-order valence-electron chi connectivity index (χ0n) is 27.4. The normalized spacial score (nSPS) is 17.7. The summed E-state index contributed by atoms with van der Waals surface area (Å²) in [5.74, 6) is -7.20. The van der Waals surface area contributed by atoms with E-state index in [1.54, 1.807) is 6.08 Å². The average Bonchev–Trinajstić information content (AvgIpc) is 2.94. The molecule has 0 aliphatic rings. The van der Waals surface area contributed by atoms with Gasteiger partial charge in [-0.3, -0.25) is 9.59 Å². The number of methoxy groups -OCH3 is 3. The largest absolute Gasteiger partial charge is 0.478 e. The van der Waals surface area contributed by atoms with Gasteiger partial charge in [-0.15, -0.1) is 0 Å². The molecule has 0 saturated carbocycles. The van der Waals surface area contributed by atoms with Crippen molar-refractivity contribution in [2.24, 2.45) is 35.5 Å². The molecular weight excluding hydrogens is 560 g/mol. The number of ether oxygens (including phenoxy) is 4. The molecule has 43 heavy (non-hydrogen) atoms. The van der Waals surface area contributed by atoms with E-state index in [0.29, 0.717) is 17.8 Å². The van der Waals surface area contributed by atoms with Crippen molar-refractivity contribution in [2.75, 3.05) is 21.3 Å². The van der Waals surface area contributed by atoms with Gasteiger partial charge in [0.05, 0.1) is 27.2 Å². The van der Waals surface area contributed by atoms with E-state index in [1.165, 1.54) is 26.9 Å². The van der Waals surface area contributed by atoms with Gasteiger partial charge in [0.25, 0.3) is 0 Å². The number of aliphatic hydroxyl groups excluding tert-OH is 1. The van der Waals surface area contributed by atoms with Gasteiger partial charge in [0, 0.05) is 5.57 Å². The molecule has 0 rings (SSSR count). The number of carboxylic acids is 1. The molecule has 11 heteroatoms. The maximum atomic E-state index is 12.9. The molecule has 0 amide bonds. The van der Waals surface area contributed by atoms with E-state index in [1.807, 2.05) is 6.92 Å². The van der Waals surface area contributed by atoms with E-state index in [9.17, 15) is 34.2 Å². The molecule has 0 spiro atoms. The number of hydrogen-bond donors (Lipinski definition) is 2. The molecule has 11 nitrogen and oxygen atoms in total. The summed E-state index contributed by atoms with van der Waals surface area (Å²) in [4.78, 5) is 61.5. The fourth-order valence-corrected chi connectivity index (χ4v) is 5.29. The molecule has 0 saturated heterocycles. The van der Waals surface area contributed by atoms with E-state index in [0.717, 1.165) is 32.6 Å². The van der Waals surface area contributed by atoms with E-state index >= 15 is 0 Å². The van der Waals surface area contributed by atoms with Crippen LogP contribution in [0.3, 0.4) is 0 Å². The van der Waals surface area contributed by atoms with Crippen LogP contribution in [0.4, 0.5) is 0 Å². The maximum absolute atomic E-state index is 12.9. The van der Waals surface area contributed by atoms with Crippen LogP contribution < -0.4 is 0 Å². The van der Waals surface area contributed by atoms with Crippen LogP contribution in [0, 0.1) is 35.5 Å². The number of esters is 4. The quantitative estimate of drug-likeness (QED) is 0.0914. The van der Waals surface area contributed by atoms with Gasteiger partial charge in [0.2, 0.25) is 6.10 Å². The number of carboxylic acid groups (broad SMARTS) is 1. The first-order valence-corrected chi connectivity index (χ1v) is 14.8. The Kier molecular flexibility index (Phi) is 18.4. The second-order valence-electron chi connectivity index (χ2n) is 11.8. The summed E-state index contributed by atoms with van der Waals surface area (Å²) in [5, 5.41) is 19.9. The Bertz CT molecular complexity index is 999. The molecular formula is C32H52O11. The summed E-state index contributed by atoms with van der Waals surface area (Å²) in [7, 11) is 3.05. The lowest BCUT2D eigenvalue weighted by Crippen LogP contribution is -2.49. The summed E-state index contributed by atoms with van der Waals surface area (Å²) in [6, 6.07) is 0. The fourth-order valence-electron chi connectivity index (χ4n) is 5.29. The van der Waals surface area contributed by atoms with Crippen LogP contribution >= 0.6 is 0 Å². The molecule has 0 aliphatic heterocycles.